The van der Waals surface area contributed by atoms with Crippen LogP contribution in [-0.2, 0) is 14.9 Å². The summed E-state index contributed by atoms with van der Waals surface area (Å²) in [6, 6.07) is 8.45. The molecule has 6 nitrogen and oxygen atoms in total. The molecule has 2 aliphatic heterocycles. The smallest absolute Gasteiger partial charge is 0.282 e. The number of oxime groups is 1. The number of rotatable bonds is 4. The molecule has 0 saturated carbocycles. The second-order valence-corrected chi connectivity index (χ2v) is 9.35. The van der Waals surface area contributed by atoms with Gasteiger partial charge in [-0.3, -0.25) is 0 Å². The van der Waals surface area contributed by atoms with Crippen molar-refractivity contribution in [1.29, 1.82) is 0 Å². The number of hydrogen-bond acceptors (Lipinski definition) is 5. The van der Waals surface area contributed by atoms with Crippen LogP contribution in [0.1, 0.15) is 18.1 Å². The van der Waals surface area contributed by atoms with Crippen molar-refractivity contribution < 1.29 is 30.8 Å². The lowest BCUT2D eigenvalue weighted by atomic mass is 9.94. The number of likely N-dealkylation sites (tertiary alicyclic amines) is 1. The van der Waals surface area contributed by atoms with Gasteiger partial charge in [0.05, 0.1) is 24.8 Å². The summed E-state index contributed by atoms with van der Waals surface area (Å²) in [5.41, 5.74) is 0.533. The molecule has 1 N–H and O–H groups in total. The standard InChI is InChI=1S/C20H19F4N3O3S/c1-31(28,29)26-17-10-27(11-20(17,23)24)18-9-16(30-25-18)12-5-2-3-6-13(12)19-14(21)7-4-8-15(19)22/h2-8,16-17,26H,9-11H2,1H3/t16?,17-/m1/s1. The van der Waals surface area contributed by atoms with Crippen LogP contribution < -0.4 is 4.72 Å². The number of amidine groups is 1. The van der Waals surface area contributed by atoms with Crippen molar-refractivity contribution >= 4 is 15.9 Å². The van der Waals surface area contributed by atoms with Gasteiger partial charge in [-0.2, -0.15) is 0 Å². The lowest BCUT2D eigenvalue weighted by Crippen LogP contribution is -2.46. The number of alkyl halides is 2. The van der Waals surface area contributed by atoms with Gasteiger partial charge in [-0.25, -0.2) is 30.7 Å². The third-order valence-corrected chi connectivity index (χ3v) is 5.94. The summed E-state index contributed by atoms with van der Waals surface area (Å²) in [4.78, 5) is 6.69. The van der Waals surface area contributed by atoms with Gasteiger partial charge >= 0.3 is 0 Å². The van der Waals surface area contributed by atoms with E-state index in [2.05, 4.69) is 5.16 Å². The van der Waals surface area contributed by atoms with E-state index in [9.17, 15) is 26.0 Å². The summed E-state index contributed by atoms with van der Waals surface area (Å²) in [6.07, 6.45) is 0.173. The zero-order chi connectivity index (χ0) is 22.4. The molecule has 166 valence electrons. The molecule has 0 amide bonds. The Labute approximate surface area is 176 Å². The fraction of sp³-hybridized carbons (Fsp3) is 0.350. The first kappa shape index (κ1) is 21.6. The minimum Gasteiger partial charge on any atom is -0.386 e. The van der Waals surface area contributed by atoms with Crippen LogP contribution in [0.3, 0.4) is 0 Å². The molecule has 2 heterocycles. The average Bonchev–Trinajstić information content (AvgIpc) is 3.26. The first-order valence-corrected chi connectivity index (χ1v) is 11.3. The third kappa shape index (κ3) is 4.38. The molecule has 2 aromatic rings. The van der Waals surface area contributed by atoms with Crippen molar-refractivity contribution in [2.45, 2.75) is 24.5 Å². The first-order valence-electron chi connectivity index (χ1n) is 9.41. The Balaban J connectivity index is 1.56. The molecule has 1 saturated heterocycles. The maximum absolute atomic E-state index is 14.3. The quantitative estimate of drug-likeness (QED) is 0.716. The number of hydrogen-bond donors (Lipinski definition) is 1. The van der Waals surface area contributed by atoms with E-state index in [4.69, 9.17) is 4.84 Å². The van der Waals surface area contributed by atoms with Gasteiger partial charge in [-0.05, 0) is 17.7 Å². The highest BCUT2D eigenvalue weighted by Crippen LogP contribution is 2.38. The van der Waals surface area contributed by atoms with E-state index < -0.39 is 46.3 Å². The molecule has 2 atom stereocenters. The molecule has 0 spiro atoms. The van der Waals surface area contributed by atoms with Crippen LogP contribution in [0.15, 0.2) is 47.6 Å². The van der Waals surface area contributed by atoms with E-state index in [-0.39, 0.29) is 29.9 Å². The van der Waals surface area contributed by atoms with Crippen LogP contribution in [0.25, 0.3) is 11.1 Å². The molecule has 0 aromatic heterocycles. The van der Waals surface area contributed by atoms with Crippen LogP contribution >= 0.6 is 0 Å². The molecular weight excluding hydrogens is 438 g/mol. The van der Waals surface area contributed by atoms with E-state index in [1.54, 1.807) is 24.3 Å². The van der Waals surface area contributed by atoms with Crippen molar-refractivity contribution in [3.63, 3.8) is 0 Å². The van der Waals surface area contributed by atoms with Crippen LogP contribution in [0, 0.1) is 11.6 Å². The Kier molecular flexibility index (Phi) is 5.42. The summed E-state index contributed by atoms with van der Waals surface area (Å²) < 4.78 is 82.0. The van der Waals surface area contributed by atoms with Crippen molar-refractivity contribution in [3.8, 4) is 11.1 Å². The predicted molar refractivity (Wildman–Crippen MR) is 106 cm³/mol. The molecule has 11 heteroatoms. The van der Waals surface area contributed by atoms with Gasteiger partial charge in [0.25, 0.3) is 5.92 Å². The van der Waals surface area contributed by atoms with Gasteiger partial charge in [-0.1, -0.05) is 35.5 Å². The minimum atomic E-state index is -3.82. The second-order valence-electron chi connectivity index (χ2n) is 7.57. The van der Waals surface area contributed by atoms with Crippen molar-refractivity contribution in [2.24, 2.45) is 5.16 Å². The molecule has 1 fully saturated rings. The molecule has 4 rings (SSSR count). The molecular formula is C20H19F4N3O3S. The number of sulfonamides is 1. The highest BCUT2D eigenvalue weighted by Gasteiger charge is 2.51. The first-order chi connectivity index (χ1) is 14.5. The topological polar surface area (TPSA) is 71.0 Å². The van der Waals surface area contributed by atoms with E-state index in [1.807, 2.05) is 4.72 Å². The van der Waals surface area contributed by atoms with E-state index in [1.165, 1.54) is 11.0 Å². The number of nitrogens with zero attached hydrogens (tertiary/aromatic N) is 2. The van der Waals surface area contributed by atoms with Crippen molar-refractivity contribution in [3.05, 3.63) is 59.7 Å². The van der Waals surface area contributed by atoms with Crippen molar-refractivity contribution in [1.82, 2.24) is 9.62 Å². The highest BCUT2D eigenvalue weighted by atomic mass is 32.2. The van der Waals surface area contributed by atoms with Crippen LogP contribution in [-0.4, -0.2) is 50.5 Å². The largest absolute Gasteiger partial charge is 0.386 e. The summed E-state index contributed by atoms with van der Waals surface area (Å²) in [6.45, 7) is -1.00. The normalized spacial score (nSPS) is 23.0. The Bertz CT molecular complexity index is 1120. The summed E-state index contributed by atoms with van der Waals surface area (Å²) in [7, 11) is -3.82. The summed E-state index contributed by atoms with van der Waals surface area (Å²) in [5, 5.41) is 3.90. The number of halogens is 4. The predicted octanol–water partition coefficient (Wildman–Crippen LogP) is 3.28. The van der Waals surface area contributed by atoms with Gasteiger partial charge < -0.3 is 9.74 Å². The lowest BCUT2D eigenvalue weighted by Gasteiger charge is -2.17. The van der Waals surface area contributed by atoms with Crippen LogP contribution in [0.4, 0.5) is 17.6 Å². The van der Waals surface area contributed by atoms with Crippen molar-refractivity contribution in [2.75, 3.05) is 19.3 Å². The molecule has 2 aromatic carbocycles. The molecule has 1 unspecified atom stereocenters. The monoisotopic (exact) mass is 457 g/mol. The molecule has 0 bridgehead atoms. The number of nitrogens with one attached hydrogen (secondary N) is 1. The van der Waals surface area contributed by atoms with Gasteiger partial charge in [0.2, 0.25) is 10.0 Å². The third-order valence-electron chi connectivity index (χ3n) is 5.23. The van der Waals surface area contributed by atoms with E-state index in [0.717, 1.165) is 18.4 Å². The average molecular weight is 457 g/mol. The molecule has 0 radical (unpaired) electrons. The maximum atomic E-state index is 14.3. The van der Waals surface area contributed by atoms with Crippen LogP contribution in [0.5, 0.6) is 0 Å². The van der Waals surface area contributed by atoms with E-state index in [0.29, 0.717) is 5.56 Å². The van der Waals surface area contributed by atoms with Gasteiger partial charge in [-0.15, -0.1) is 0 Å². The minimum absolute atomic E-state index is 0.0920. The zero-order valence-electron chi connectivity index (χ0n) is 16.4. The Morgan fingerprint density at radius 3 is 2.48 bits per heavy atom. The number of benzene rings is 2. The van der Waals surface area contributed by atoms with Gasteiger partial charge in [0, 0.05) is 12.1 Å². The van der Waals surface area contributed by atoms with Crippen LogP contribution in [0.2, 0.25) is 0 Å². The molecule has 2 aliphatic rings. The fourth-order valence-electron chi connectivity index (χ4n) is 3.84. The molecule has 31 heavy (non-hydrogen) atoms. The van der Waals surface area contributed by atoms with Gasteiger partial charge in [0.15, 0.2) is 6.10 Å². The maximum Gasteiger partial charge on any atom is 0.282 e. The zero-order valence-corrected chi connectivity index (χ0v) is 17.2. The second kappa shape index (κ2) is 7.79. The summed E-state index contributed by atoms with van der Waals surface area (Å²) in [5.74, 6) is -4.55. The molecule has 0 aliphatic carbocycles. The Morgan fingerprint density at radius 2 is 1.81 bits per heavy atom. The SMILES string of the molecule is CS(=O)(=O)N[C@@H]1CN(C2=NOC(c3ccccc3-c3c(F)cccc3F)C2)CC1(F)F. The Morgan fingerprint density at radius 1 is 1.13 bits per heavy atom. The Hall–Kier alpha value is -2.66. The highest BCUT2D eigenvalue weighted by molar-refractivity contribution is 7.88. The lowest BCUT2D eigenvalue weighted by molar-refractivity contribution is -0.00123. The van der Waals surface area contributed by atoms with Gasteiger partial charge in [0.1, 0.15) is 23.5 Å². The fourth-order valence-corrected chi connectivity index (χ4v) is 4.60. The van der Waals surface area contributed by atoms with E-state index >= 15 is 0 Å². The summed E-state index contributed by atoms with van der Waals surface area (Å²) >= 11 is 0.